The number of rotatable bonds is 3. The lowest BCUT2D eigenvalue weighted by Gasteiger charge is -2.03. The van der Waals surface area contributed by atoms with Crippen LogP contribution in [0.15, 0.2) is 52.2 Å². The van der Waals surface area contributed by atoms with Gasteiger partial charge in [0.15, 0.2) is 0 Å². The normalized spacial score (nSPS) is 10.4. The highest BCUT2D eigenvalue weighted by Crippen LogP contribution is 2.07. The molecule has 0 aliphatic heterocycles. The summed E-state index contributed by atoms with van der Waals surface area (Å²) in [6, 6.07) is 8.31. The lowest BCUT2D eigenvalue weighted by Crippen LogP contribution is -2.32. The third-order valence-corrected chi connectivity index (χ3v) is 2.21. The standard InChI is InChI=1S/C13H10FN3O3/c14-9-3-5-10(6-4-9)16-12(18)13(19)17-15-8-11-2-1-7-20-11/h1-8H,(H,16,18)(H,17,19). The Balaban J connectivity index is 1.86. The van der Waals surface area contributed by atoms with Gasteiger partial charge < -0.3 is 9.73 Å². The lowest BCUT2D eigenvalue weighted by molar-refractivity contribution is -0.136. The van der Waals surface area contributed by atoms with Crippen LogP contribution in [0.25, 0.3) is 0 Å². The van der Waals surface area contributed by atoms with Gasteiger partial charge in [-0.15, -0.1) is 0 Å². The molecular weight excluding hydrogens is 265 g/mol. The number of nitrogens with zero attached hydrogens (tertiary/aromatic N) is 1. The summed E-state index contributed by atoms with van der Waals surface area (Å²) in [7, 11) is 0. The molecule has 0 saturated carbocycles. The average Bonchev–Trinajstić information content (AvgIpc) is 2.94. The number of furan rings is 1. The minimum absolute atomic E-state index is 0.307. The number of halogens is 1. The molecule has 2 rings (SSSR count). The number of hydrogen-bond donors (Lipinski definition) is 2. The molecule has 1 aromatic heterocycles. The zero-order valence-corrected chi connectivity index (χ0v) is 10.2. The Hall–Kier alpha value is -2.96. The first kappa shape index (κ1) is 13.5. The summed E-state index contributed by atoms with van der Waals surface area (Å²) in [6.45, 7) is 0. The molecule has 0 aliphatic rings. The van der Waals surface area contributed by atoms with Crippen LogP contribution in [0.5, 0.6) is 0 Å². The molecule has 1 aromatic carbocycles. The Morgan fingerprint density at radius 3 is 2.55 bits per heavy atom. The molecule has 0 radical (unpaired) electrons. The maximum atomic E-state index is 12.7. The fourth-order valence-electron chi connectivity index (χ4n) is 1.29. The maximum absolute atomic E-state index is 12.7. The minimum atomic E-state index is -0.947. The number of carbonyl (C=O) groups is 2. The van der Waals surface area contributed by atoms with Gasteiger partial charge in [-0.25, -0.2) is 9.82 Å². The second-order valence-corrected chi connectivity index (χ2v) is 3.68. The fraction of sp³-hybridized carbons (Fsp3) is 0. The number of hydrogen-bond acceptors (Lipinski definition) is 4. The van der Waals surface area contributed by atoms with Gasteiger partial charge in [0.25, 0.3) is 0 Å². The van der Waals surface area contributed by atoms with Crippen molar-refractivity contribution in [3.8, 4) is 0 Å². The highest BCUT2D eigenvalue weighted by atomic mass is 19.1. The molecule has 0 fully saturated rings. The van der Waals surface area contributed by atoms with Crippen molar-refractivity contribution in [2.24, 2.45) is 5.10 Å². The van der Waals surface area contributed by atoms with E-state index in [9.17, 15) is 14.0 Å². The summed E-state index contributed by atoms with van der Waals surface area (Å²) in [6.07, 6.45) is 2.70. The largest absolute Gasteiger partial charge is 0.463 e. The van der Waals surface area contributed by atoms with Crippen molar-refractivity contribution in [1.82, 2.24) is 5.43 Å². The maximum Gasteiger partial charge on any atom is 0.329 e. The summed E-state index contributed by atoms with van der Waals surface area (Å²) in [5.74, 6) is -1.86. The molecular formula is C13H10FN3O3. The van der Waals surface area contributed by atoms with Gasteiger partial charge in [-0.3, -0.25) is 9.59 Å². The van der Waals surface area contributed by atoms with Crippen LogP contribution in [0.3, 0.4) is 0 Å². The van der Waals surface area contributed by atoms with Crippen molar-refractivity contribution < 1.29 is 18.4 Å². The van der Waals surface area contributed by atoms with E-state index in [1.54, 1.807) is 12.1 Å². The summed E-state index contributed by atoms with van der Waals surface area (Å²) >= 11 is 0. The van der Waals surface area contributed by atoms with Crippen LogP contribution >= 0.6 is 0 Å². The van der Waals surface area contributed by atoms with Gasteiger partial charge in [-0.05, 0) is 36.4 Å². The molecule has 0 bridgehead atoms. The summed E-state index contributed by atoms with van der Waals surface area (Å²) in [4.78, 5) is 22.9. The van der Waals surface area contributed by atoms with Crippen LogP contribution < -0.4 is 10.7 Å². The van der Waals surface area contributed by atoms with E-state index in [-0.39, 0.29) is 0 Å². The highest BCUT2D eigenvalue weighted by molar-refractivity contribution is 6.39. The summed E-state index contributed by atoms with van der Waals surface area (Å²) < 4.78 is 17.6. The molecule has 20 heavy (non-hydrogen) atoms. The Labute approximate surface area is 113 Å². The van der Waals surface area contributed by atoms with Crippen molar-refractivity contribution in [1.29, 1.82) is 0 Å². The molecule has 2 N–H and O–H groups in total. The van der Waals surface area contributed by atoms with Crippen LogP contribution in [0.2, 0.25) is 0 Å². The van der Waals surface area contributed by atoms with Crippen LogP contribution in [-0.4, -0.2) is 18.0 Å². The van der Waals surface area contributed by atoms with Crippen molar-refractivity contribution in [2.45, 2.75) is 0 Å². The second-order valence-electron chi connectivity index (χ2n) is 3.68. The molecule has 0 aliphatic carbocycles. The van der Waals surface area contributed by atoms with Crippen molar-refractivity contribution in [3.63, 3.8) is 0 Å². The number of carbonyl (C=O) groups excluding carboxylic acids is 2. The van der Waals surface area contributed by atoms with E-state index < -0.39 is 17.6 Å². The Morgan fingerprint density at radius 1 is 1.15 bits per heavy atom. The minimum Gasteiger partial charge on any atom is -0.463 e. The molecule has 2 aromatic rings. The molecule has 0 unspecified atom stereocenters. The third kappa shape index (κ3) is 3.77. The Kier molecular flexibility index (Phi) is 4.23. The van der Waals surface area contributed by atoms with Crippen LogP contribution in [0, 0.1) is 5.82 Å². The first-order valence-electron chi connectivity index (χ1n) is 5.58. The summed E-state index contributed by atoms with van der Waals surface area (Å²) in [5.41, 5.74) is 2.34. The summed E-state index contributed by atoms with van der Waals surface area (Å²) in [5, 5.41) is 5.85. The van der Waals surface area contributed by atoms with E-state index in [2.05, 4.69) is 10.4 Å². The number of hydrazone groups is 1. The van der Waals surface area contributed by atoms with E-state index in [0.717, 1.165) is 0 Å². The number of benzene rings is 1. The predicted molar refractivity (Wildman–Crippen MR) is 69.5 cm³/mol. The Morgan fingerprint density at radius 2 is 1.90 bits per heavy atom. The van der Waals surface area contributed by atoms with E-state index in [4.69, 9.17) is 4.42 Å². The van der Waals surface area contributed by atoms with Crippen LogP contribution in [-0.2, 0) is 9.59 Å². The molecule has 0 saturated heterocycles. The zero-order valence-electron chi connectivity index (χ0n) is 10.2. The van der Waals surface area contributed by atoms with Gasteiger partial charge >= 0.3 is 11.8 Å². The smallest absolute Gasteiger partial charge is 0.329 e. The van der Waals surface area contributed by atoms with E-state index in [1.807, 2.05) is 5.43 Å². The number of amides is 2. The highest BCUT2D eigenvalue weighted by Gasteiger charge is 2.12. The van der Waals surface area contributed by atoms with E-state index in [1.165, 1.54) is 36.7 Å². The van der Waals surface area contributed by atoms with Crippen molar-refractivity contribution >= 4 is 23.7 Å². The van der Waals surface area contributed by atoms with Crippen LogP contribution in [0.4, 0.5) is 10.1 Å². The lowest BCUT2D eigenvalue weighted by atomic mass is 10.3. The molecule has 102 valence electrons. The van der Waals surface area contributed by atoms with Crippen molar-refractivity contribution in [3.05, 3.63) is 54.2 Å². The van der Waals surface area contributed by atoms with Gasteiger partial charge in [-0.2, -0.15) is 5.10 Å². The SMILES string of the molecule is O=C(NN=Cc1ccco1)C(=O)Nc1ccc(F)cc1. The van der Waals surface area contributed by atoms with Crippen LogP contribution in [0.1, 0.15) is 5.76 Å². The monoisotopic (exact) mass is 275 g/mol. The molecule has 6 nitrogen and oxygen atoms in total. The molecule has 7 heteroatoms. The Bertz CT molecular complexity index is 621. The quantitative estimate of drug-likeness (QED) is 0.506. The first-order chi connectivity index (χ1) is 9.65. The second kappa shape index (κ2) is 6.28. The molecule has 2 amide bonds. The molecule has 0 atom stereocenters. The van der Waals surface area contributed by atoms with Crippen molar-refractivity contribution in [2.75, 3.05) is 5.32 Å². The van der Waals surface area contributed by atoms with Gasteiger partial charge in [0.2, 0.25) is 0 Å². The van der Waals surface area contributed by atoms with Gasteiger partial charge in [-0.1, -0.05) is 0 Å². The van der Waals surface area contributed by atoms with E-state index >= 15 is 0 Å². The average molecular weight is 275 g/mol. The zero-order chi connectivity index (χ0) is 14.4. The number of anilines is 1. The topological polar surface area (TPSA) is 83.7 Å². The predicted octanol–water partition coefficient (Wildman–Crippen LogP) is 1.51. The number of nitrogens with one attached hydrogen (secondary N) is 2. The van der Waals surface area contributed by atoms with Gasteiger partial charge in [0, 0.05) is 5.69 Å². The van der Waals surface area contributed by atoms with Gasteiger partial charge in [0.1, 0.15) is 11.6 Å². The first-order valence-corrected chi connectivity index (χ1v) is 5.58. The van der Waals surface area contributed by atoms with Gasteiger partial charge in [0.05, 0.1) is 12.5 Å². The third-order valence-electron chi connectivity index (χ3n) is 2.21. The fourth-order valence-corrected chi connectivity index (χ4v) is 1.29. The molecule has 1 heterocycles. The van der Waals surface area contributed by atoms with E-state index in [0.29, 0.717) is 11.4 Å². The molecule has 0 spiro atoms.